The molecule has 1 heterocycles. The number of guanidine groups is 1. The third kappa shape index (κ3) is 10.7. The molecule has 2 rings (SSSR count). The third-order valence-electron chi connectivity index (χ3n) is 6.05. The van der Waals surface area contributed by atoms with Gasteiger partial charge in [0.25, 0.3) is 0 Å². The smallest absolute Gasteiger partial charge is 0.326 e. The molecule has 4 atom stereocenters. The van der Waals surface area contributed by atoms with Gasteiger partial charge in [-0.25, -0.2) is 9.78 Å². The van der Waals surface area contributed by atoms with Gasteiger partial charge in [-0.1, -0.05) is 44.2 Å². The van der Waals surface area contributed by atoms with E-state index in [1.165, 1.54) is 12.5 Å². The molecular weight excluding hydrogens is 518 g/mol. The van der Waals surface area contributed by atoms with Crippen LogP contribution in [-0.2, 0) is 32.0 Å². The van der Waals surface area contributed by atoms with Crippen LogP contribution in [0, 0.1) is 5.92 Å². The van der Waals surface area contributed by atoms with Crippen molar-refractivity contribution < 1.29 is 24.3 Å². The Balaban J connectivity index is 2.11. The maximum Gasteiger partial charge on any atom is 0.326 e. The Labute approximate surface area is 232 Å². The first kappa shape index (κ1) is 31.8. The Morgan fingerprint density at radius 1 is 0.975 bits per heavy atom. The van der Waals surface area contributed by atoms with Crippen molar-refractivity contribution in [1.82, 2.24) is 25.9 Å². The second-order valence-electron chi connectivity index (χ2n) is 9.72. The van der Waals surface area contributed by atoms with Gasteiger partial charge in [-0.05, 0) is 30.7 Å². The molecule has 4 unspecified atom stereocenters. The number of carbonyl (C=O) groups excluding carboxylic acids is 3. The van der Waals surface area contributed by atoms with Gasteiger partial charge in [0.05, 0.1) is 12.4 Å². The molecule has 218 valence electrons. The fourth-order valence-electron chi connectivity index (χ4n) is 3.88. The number of amides is 3. The summed E-state index contributed by atoms with van der Waals surface area (Å²) in [6.07, 6.45) is 3.68. The van der Waals surface area contributed by atoms with Gasteiger partial charge in [0, 0.05) is 24.9 Å². The minimum atomic E-state index is -1.23. The van der Waals surface area contributed by atoms with Crippen molar-refractivity contribution in [2.45, 2.75) is 63.7 Å². The minimum Gasteiger partial charge on any atom is -0.480 e. The number of carboxylic acid groups (broad SMARTS) is 1. The number of aromatic amines is 1. The quantitative estimate of drug-likeness (QED) is 0.0698. The van der Waals surface area contributed by atoms with E-state index in [1.807, 2.05) is 30.3 Å². The Bertz CT molecular complexity index is 1130. The Morgan fingerprint density at radius 2 is 1.65 bits per heavy atom. The van der Waals surface area contributed by atoms with Crippen LogP contribution in [0.2, 0.25) is 0 Å². The van der Waals surface area contributed by atoms with E-state index in [9.17, 15) is 24.3 Å². The minimum absolute atomic E-state index is 0.0601. The van der Waals surface area contributed by atoms with Crippen LogP contribution in [0.1, 0.15) is 37.9 Å². The van der Waals surface area contributed by atoms with Gasteiger partial charge in [0.1, 0.15) is 18.1 Å². The van der Waals surface area contributed by atoms with Gasteiger partial charge in [0.15, 0.2) is 5.96 Å². The summed E-state index contributed by atoms with van der Waals surface area (Å²) in [7, 11) is 0. The molecule has 0 aliphatic rings. The predicted octanol–water partition coefficient (Wildman–Crippen LogP) is -1.23. The Hall–Kier alpha value is -4.46. The second-order valence-corrected chi connectivity index (χ2v) is 9.72. The number of hydrogen-bond acceptors (Lipinski definition) is 7. The molecule has 0 bridgehead atoms. The van der Waals surface area contributed by atoms with E-state index in [2.05, 4.69) is 30.9 Å². The largest absolute Gasteiger partial charge is 0.480 e. The summed E-state index contributed by atoms with van der Waals surface area (Å²) < 4.78 is 0. The van der Waals surface area contributed by atoms with E-state index < -0.39 is 53.8 Å². The molecule has 0 aliphatic heterocycles. The van der Waals surface area contributed by atoms with Crippen LogP contribution < -0.4 is 33.2 Å². The summed E-state index contributed by atoms with van der Waals surface area (Å²) >= 11 is 0. The molecule has 2 aromatic rings. The molecule has 11 N–H and O–H groups in total. The lowest BCUT2D eigenvalue weighted by molar-refractivity contribution is -0.142. The number of carboxylic acids is 1. The number of H-pyrrole nitrogens is 1. The van der Waals surface area contributed by atoms with E-state index in [0.717, 1.165) is 5.56 Å². The van der Waals surface area contributed by atoms with Crippen LogP contribution in [0.4, 0.5) is 0 Å². The second kappa shape index (κ2) is 15.8. The third-order valence-corrected chi connectivity index (χ3v) is 6.05. The van der Waals surface area contributed by atoms with E-state index >= 15 is 0 Å². The molecule has 40 heavy (non-hydrogen) atoms. The van der Waals surface area contributed by atoms with Crippen LogP contribution in [0.5, 0.6) is 0 Å². The number of nitrogens with two attached hydrogens (primary N) is 3. The number of aliphatic carboxylic acids is 1. The summed E-state index contributed by atoms with van der Waals surface area (Å²) in [6, 6.07) is 4.93. The van der Waals surface area contributed by atoms with Crippen molar-refractivity contribution >= 4 is 29.7 Å². The number of nitrogens with one attached hydrogen (secondary N) is 4. The molecule has 1 aromatic heterocycles. The highest BCUT2D eigenvalue weighted by Gasteiger charge is 2.32. The number of aromatic nitrogens is 2. The highest BCUT2D eigenvalue weighted by atomic mass is 16.4. The van der Waals surface area contributed by atoms with E-state index in [-0.39, 0.29) is 31.8 Å². The highest BCUT2D eigenvalue weighted by Crippen LogP contribution is 2.08. The number of carbonyl (C=O) groups is 4. The fourth-order valence-corrected chi connectivity index (χ4v) is 3.88. The molecular formula is C26H39N9O5. The van der Waals surface area contributed by atoms with Crippen molar-refractivity contribution in [3.8, 4) is 0 Å². The van der Waals surface area contributed by atoms with E-state index in [1.54, 1.807) is 13.8 Å². The lowest BCUT2D eigenvalue weighted by Gasteiger charge is -2.27. The highest BCUT2D eigenvalue weighted by molar-refractivity contribution is 5.94. The molecule has 0 aliphatic carbocycles. The average molecular weight is 558 g/mol. The molecule has 14 nitrogen and oxygen atoms in total. The zero-order chi connectivity index (χ0) is 29.7. The van der Waals surface area contributed by atoms with Crippen LogP contribution >= 0.6 is 0 Å². The number of hydrogen-bond donors (Lipinski definition) is 8. The summed E-state index contributed by atoms with van der Waals surface area (Å²) in [4.78, 5) is 61.7. The molecule has 0 saturated carbocycles. The van der Waals surface area contributed by atoms with Crippen LogP contribution in [-0.4, -0.2) is 75.4 Å². The van der Waals surface area contributed by atoms with Gasteiger partial charge in [0.2, 0.25) is 17.7 Å². The van der Waals surface area contributed by atoms with Crippen molar-refractivity contribution in [3.63, 3.8) is 0 Å². The van der Waals surface area contributed by atoms with Crippen molar-refractivity contribution in [1.29, 1.82) is 0 Å². The Morgan fingerprint density at radius 3 is 2.23 bits per heavy atom. The molecule has 0 spiro atoms. The monoisotopic (exact) mass is 557 g/mol. The average Bonchev–Trinajstić information content (AvgIpc) is 3.41. The van der Waals surface area contributed by atoms with Gasteiger partial charge >= 0.3 is 5.97 Å². The first-order chi connectivity index (χ1) is 19.0. The summed E-state index contributed by atoms with van der Waals surface area (Å²) in [5.74, 6) is -3.60. The maximum absolute atomic E-state index is 13.4. The molecule has 3 amide bonds. The standard InChI is InChI=1S/C26H39N9O5/c1-15(2)21(24(38)33-19(25(39)40)9-6-10-31-26(28)29)35-23(37)20(12-17-13-30-14-32-17)34-22(36)18(27)11-16-7-4-3-5-8-16/h3-5,7-8,13-15,18-21H,6,9-12,27H2,1-2H3,(H,30,32)(H,33,38)(H,34,36)(H,35,37)(H,39,40)(H4,28,29,31). The maximum atomic E-state index is 13.4. The van der Waals surface area contributed by atoms with Gasteiger partial charge in [-0.2, -0.15) is 0 Å². The first-order valence-electron chi connectivity index (χ1n) is 12.9. The Kier molecular flexibility index (Phi) is 12.6. The van der Waals surface area contributed by atoms with Crippen LogP contribution in [0.15, 0.2) is 47.8 Å². The molecule has 14 heteroatoms. The first-order valence-corrected chi connectivity index (χ1v) is 12.9. The van der Waals surface area contributed by atoms with Crippen molar-refractivity contribution in [3.05, 3.63) is 54.1 Å². The van der Waals surface area contributed by atoms with E-state index in [0.29, 0.717) is 12.1 Å². The van der Waals surface area contributed by atoms with Crippen molar-refractivity contribution in [2.75, 3.05) is 6.54 Å². The lowest BCUT2D eigenvalue weighted by Crippen LogP contribution is -2.59. The van der Waals surface area contributed by atoms with Crippen LogP contribution in [0.25, 0.3) is 0 Å². The number of nitrogens with zero attached hydrogens (tertiary/aromatic N) is 2. The fraction of sp³-hybridized carbons (Fsp3) is 0.462. The molecule has 0 radical (unpaired) electrons. The van der Waals surface area contributed by atoms with Crippen molar-refractivity contribution in [2.24, 2.45) is 28.1 Å². The number of imidazole rings is 1. The number of rotatable bonds is 16. The summed E-state index contributed by atoms with van der Waals surface area (Å²) in [5, 5.41) is 17.4. The SMILES string of the molecule is CC(C)C(NC(=O)C(Cc1cnc[nH]1)NC(=O)C(N)Cc1ccccc1)C(=O)NC(CCCN=C(N)N)C(=O)O. The number of aliphatic imine (C=N–C) groups is 1. The van der Waals surface area contributed by atoms with Gasteiger partial charge < -0.3 is 43.2 Å². The predicted molar refractivity (Wildman–Crippen MR) is 149 cm³/mol. The number of benzene rings is 1. The van der Waals surface area contributed by atoms with Gasteiger partial charge in [-0.3, -0.25) is 19.4 Å². The summed E-state index contributed by atoms with van der Waals surface area (Å²) in [5.41, 5.74) is 18.1. The van der Waals surface area contributed by atoms with Gasteiger partial charge in [-0.15, -0.1) is 0 Å². The topological polar surface area (TPSA) is 244 Å². The normalized spacial score (nSPS) is 13.9. The molecule has 1 aromatic carbocycles. The zero-order valence-corrected chi connectivity index (χ0v) is 22.7. The molecule has 0 saturated heterocycles. The van der Waals surface area contributed by atoms with Crippen LogP contribution in [0.3, 0.4) is 0 Å². The lowest BCUT2D eigenvalue weighted by atomic mass is 10.0. The zero-order valence-electron chi connectivity index (χ0n) is 22.7. The van der Waals surface area contributed by atoms with E-state index in [4.69, 9.17) is 17.2 Å². The molecule has 0 fully saturated rings. The summed E-state index contributed by atoms with van der Waals surface area (Å²) in [6.45, 7) is 3.61.